The lowest BCUT2D eigenvalue weighted by Crippen LogP contribution is -2.49. The summed E-state index contributed by atoms with van der Waals surface area (Å²) in [6.07, 6.45) is -3.54. The molecular weight excluding hydrogens is 453 g/mol. The average molecular weight is 479 g/mol. The van der Waals surface area contributed by atoms with Crippen LogP contribution in [0.15, 0.2) is 52.4 Å². The fourth-order valence-electron chi connectivity index (χ4n) is 3.95. The molecule has 1 atom stereocenters. The zero-order valence-corrected chi connectivity index (χ0v) is 18.8. The maximum Gasteiger partial charge on any atom is 0.396 e. The highest BCUT2D eigenvalue weighted by Crippen LogP contribution is 2.37. The van der Waals surface area contributed by atoms with E-state index in [-0.39, 0.29) is 5.56 Å². The minimum absolute atomic E-state index is 0.125. The number of hydrogen-bond donors (Lipinski definition) is 0. The minimum atomic E-state index is -4.46. The van der Waals surface area contributed by atoms with Crippen LogP contribution in [-0.4, -0.2) is 64.7 Å². The standard InChI is InChI=1S/C23H25F3N4O2S/c24-23(25,26)18(17-6-2-1-3-7-17)16-21(31)30-13-11-29(12-14-30)10-4-9-20-27-22(28-32-20)19-8-5-15-33-19/h1-3,5-8,15,18H,4,9-14,16H2. The summed E-state index contributed by atoms with van der Waals surface area (Å²) in [6, 6.07) is 11.5. The van der Waals surface area contributed by atoms with E-state index in [2.05, 4.69) is 15.0 Å². The Balaban J connectivity index is 1.22. The number of aromatic nitrogens is 2. The number of aryl methyl sites for hydroxylation is 1. The highest BCUT2D eigenvalue weighted by molar-refractivity contribution is 7.13. The second kappa shape index (κ2) is 10.5. The molecule has 1 amide bonds. The number of halogens is 3. The van der Waals surface area contributed by atoms with Gasteiger partial charge in [0.2, 0.25) is 17.6 Å². The normalized spacial score (nSPS) is 16.2. The Morgan fingerprint density at radius 1 is 1.09 bits per heavy atom. The molecule has 0 spiro atoms. The highest BCUT2D eigenvalue weighted by atomic mass is 32.1. The molecule has 0 radical (unpaired) electrons. The van der Waals surface area contributed by atoms with Crippen molar-refractivity contribution < 1.29 is 22.5 Å². The smallest absolute Gasteiger partial charge is 0.340 e. The summed E-state index contributed by atoms with van der Waals surface area (Å²) in [7, 11) is 0. The molecule has 1 fully saturated rings. The van der Waals surface area contributed by atoms with Gasteiger partial charge in [0, 0.05) is 39.0 Å². The number of rotatable bonds is 8. The molecule has 3 aromatic rings. The largest absolute Gasteiger partial charge is 0.396 e. The van der Waals surface area contributed by atoms with Crippen LogP contribution >= 0.6 is 11.3 Å². The van der Waals surface area contributed by atoms with E-state index < -0.39 is 24.4 Å². The lowest BCUT2D eigenvalue weighted by atomic mass is 9.94. The number of carbonyl (C=O) groups is 1. The van der Waals surface area contributed by atoms with Gasteiger partial charge in [-0.1, -0.05) is 41.6 Å². The first-order valence-electron chi connectivity index (χ1n) is 10.9. The van der Waals surface area contributed by atoms with E-state index in [1.54, 1.807) is 34.4 Å². The summed E-state index contributed by atoms with van der Waals surface area (Å²) in [5.41, 5.74) is 0.125. The zero-order valence-electron chi connectivity index (χ0n) is 18.0. The van der Waals surface area contributed by atoms with E-state index in [4.69, 9.17) is 4.52 Å². The van der Waals surface area contributed by atoms with Crippen molar-refractivity contribution in [1.29, 1.82) is 0 Å². The summed E-state index contributed by atoms with van der Waals surface area (Å²) < 4.78 is 46.0. The fourth-order valence-corrected chi connectivity index (χ4v) is 4.60. The number of amides is 1. The number of nitrogens with zero attached hydrogens (tertiary/aromatic N) is 4. The van der Waals surface area contributed by atoms with Crippen molar-refractivity contribution in [3.63, 3.8) is 0 Å². The van der Waals surface area contributed by atoms with Gasteiger partial charge in [0.1, 0.15) is 0 Å². The van der Waals surface area contributed by atoms with Gasteiger partial charge in [0.25, 0.3) is 0 Å². The predicted molar refractivity (Wildman–Crippen MR) is 119 cm³/mol. The molecule has 10 heteroatoms. The highest BCUT2D eigenvalue weighted by Gasteiger charge is 2.42. The number of piperazine rings is 1. The monoisotopic (exact) mass is 478 g/mol. The van der Waals surface area contributed by atoms with Crippen molar-refractivity contribution >= 4 is 17.2 Å². The van der Waals surface area contributed by atoms with E-state index in [9.17, 15) is 18.0 Å². The first-order chi connectivity index (χ1) is 15.9. The van der Waals surface area contributed by atoms with Gasteiger partial charge in [-0.3, -0.25) is 9.69 Å². The van der Waals surface area contributed by atoms with Crippen LogP contribution in [0.3, 0.4) is 0 Å². The van der Waals surface area contributed by atoms with Crippen LogP contribution in [0, 0.1) is 0 Å². The molecule has 4 rings (SSSR count). The zero-order chi connectivity index (χ0) is 23.3. The Kier molecular flexibility index (Phi) is 7.44. The van der Waals surface area contributed by atoms with Crippen LogP contribution in [0.1, 0.15) is 30.2 Å². The Hall–Kier alpha value is -2.72. The Labute approximate surface area is 194 Å². The third kappa shape index (κ3) is 6.20. The minimum Gasteiger partial charge on any atom is -0.340 e. The van der Waals surface area contributed by atoms with Gasteiger partial charge in [-0.2, -0.15) is 18.2 Å². The first kappa shape index (κ1) is 23.4. The Morgan fingerprint density at radius 2 is 1.85 bits per heavy atom. The molecule has 0 bridgehead atoms. The van der Waals surface area contributed by atoms with Gasteiger partial charge in [-0.25, -0.2) is 0 Å². The number of benzene rings is 1. The summed E-state index contributed by atoms with van der Waals surface area (Å²) >= 11 is 1.55. The maximum atomic E-state index is 13.6. The summed E-state index contributed by atoms with van der Waals surface area (Å²) in [6.45, 7) is 2.94. The molecule has 33 heavy (non-hydrogen) atoms. The molecule has 176 valence electrons. The van der Waals surface area contributed by atoms with E-state index in [0.29, 0.717) is 44.3 Å². The molecular formula is C23H25F3N4O2S. The molecule has 0 aliphatic carbocycles. The van der Waals surface area contributed by atoms with Crippen LogP contribution in [-0.2, 0) is 11.2 Å². The SMILES string of the molecule is O=C(CC(c1ccccc1)C(F)(F)F)N1CCN(CCCc2nc(-c3cccs3)no2)CC1. The van der Waals surface area contributed by atoms with E-state index in [1.807, 2.05) is 17.5 Å². The molecule has 1 aromatic carbocycles. The summed E-state index contributed by atoms with van der Waals surface area (Å²) in [4.78, 5) is 21.7. The fraction of sp³-hybridized carbons (Fsp3) is 0.435. The second-order valence-corrected chi connectivity index (χ2v) is 8.97. The molecule has 1 aliphatic heterocycles. The molecule has 0 N–H and O–H groups in total. The van der Waals surface area contributed by atoms with Crippen LogP contribution in [0.5, 0.6) is 0 Å². The maximum absolute atomic E-state index is 13.6. The van der Waals surface area contributed by atoms with Gasteiger partial charge in [-0.05, 0) is 30.0 Å². The van der Waals surface area contributed by atoms with Gasteiger partial charge in [0.05, 0.1) is 10.8 Å². The van der Waals surface area contributed by atoms with Gasteiger partial charge < -0.3 is 9.42 Å². The van der Waals surface area contributed by atoms with Crippen LogP contribution < -0.4 is 0 Å². The third-order valence-electron chi connectivity index (χ3n) is 5.78. The molecule has 1 saturated heterocycles. The number of hydrogen-bond acceptors (Lipinski definition) is 6. The second-order valence-electron chi connectivity index (χ2n) is 8.02. The summed E-state index contributed by atoms with van der Waals surface area (Å²) in [5.74, 6) is -1.04. The van der Waals surface area contributed by atoms with Crippen LogP contribution in [0.4, 0.5) is 13.2 Å². The van der Waals surface area contributed by atoms with Crippen molar-refractivity contribution in [3.05, 3.63) is 59.3 Å². The molecule has 1 aliphatic rings. The van der Waals surface area contributed by atoms with Gasteiger partial charge in [0.15, 0.2) is 0 Å². The van der Waals surface area contributed by atoms with E-state index in [0.717, 1.165) is 17.8 Å². The van der Waals surface area contributed by atoms with Gasteiger partial charge in [-0.15, -0.1) is 11.3 Å². The van der Waals surface area contributed by atoms with E-state index in [1.165, 1.54) is 12.1 Å². The average Bonchev–Trinajstić information content (AvgIpc) is 3.50. The topological polar surface area (TPSA) is 62.5 Å². The molecule has 3 heterocycles. The number of carbonyl (C=O) groups excluding carboxylic acids is 1. The number of thiophene rings is 1. The quantitative estimate of drug-likeness (QED) is 0.473. The van der Waals surface area contributed by atoms with Crippen LogP contribution in [0.25, 0.3) is 10.7 Å². The Morgan fingerprint density at radius 3 is 2.52 bits per heavy atom. The molecule has 0 saturated carbocycles. The Bertz CT molecular complexity index is 1020. The van der Waals surface area contributed by atoms with Crippen molar-refractivity contribution in [2.24, 2.45) is 0 Å². The lowest BCUT2D eigenvalue weighted by Gasteiger charge is -2.35. The first-order valence-corrected chi connectivity index (χ1v) is 11.8. The lowest BCUT2D eigenvalue weighted by molar-refractivity contribution is -0.161. The van der Waals surface area contributed by atoms with E-state index >= 15 is 0 Å². The van der Waals surface area contributed by atoms with Crippen molar-refractivity contribution in [2.45, 2.75) is 31.4 Å². The van der Waals surface area contributed by atoms with Crippen molar-refractivity contribution in [1.82, 2.24) is 19.9 Å². The van der Waals surface area contributed by atoms with Crippen LogP contribution in [0.2, 0.25) is 0 Å². The van der Waals surface area contributed by atoms with Crippen molar-refractivity contribution in [3.8, 4) is 10.7 Å². The molecule has 1 unspecified atom stereocenters. The van der Waals surface area contributed by atoms with Gasteiger partial charge >= 0.3 is 6.18 Å². The summed E-state index contributed by atoms with van der Waals surface area (Å²) in [5, 5.41) is 5.96. The predicted octanol–water partition coefficient (Wildman–Crippen LogP) is 4.61. The van der Waals surface area contributed by atoms with Crippen molar-refractivity contribution in [2.75, 3.05) is 32.7 Å². The number of alkyl halides is 3. The molecule has 6 nitrogen and oxygen atoms in total. The molecule has 2 aromatic heterocycles. The third-order valence-corrected chi connectivity index (χ3v) is 6.64.